The molecule has 1 saturated carbocycles. The molecular weight excluding hydrogens is 329 g/mol. The van der Waals surface area contributed by atoms with Gasteiger partial charge in [-0.25, -0.2) is 4.39 Å². The molecule has 6 heteroatoms. The number of nitrogens with zero attached hydrogens (tertiary/aromatic N) is 2. The van der Waals surface area contributed by atoms with Gasteiger partial charge in [-0.2, -0.15) is 0 Å². The number of halogens is 2. The maximum atomic E-state index is 14.8. The highest BCUT2D eigenvalue weighted by atomic mass is 35.5. The molecule has 4 nitrogen and oxygen atoms in total. The van der Waals surface area contributed by atoms with E-state index >= 15 is 0 Å². The molecule has 2 aliphatic rings. The van der Waals surface area contributed by atoms with Gasteiger partial charge in [0.25, 0.3) is 0 Å². The number of aromatic nitrogens is 1. The first kappa shape index (κ1) is 15.9. The van der Waals surface area contributed by atoms with Crippen LogP contribution in [0.25, 0.3) is 10.9 Å². The summed E-state index contributed by atoms with van der Waals surface area (Å²) in [5.41, 5.74) is 0.862. The molecule has 1 aliphatic carbocycles. The summed E-state index contributed by atoms with van der Waals surface area (Å²) in [4.78, 5) is 14.2. The van der Waals surface area contributed by atoms with Crippen molar-refractivity contribution in [3.8, 4) is 0 Å². The third kappa shape index (κ3) is 2.42. The van der Waals surface area contributed by atoms with Crippen molar-refractivity contribution in [3.05, 3.63) is 39.4 Å². The van der Waals surface area contributed by atoms with Crippen LogP contribution in [0.4, 0.5) is 10.1 Å². The van der Waals surface area contributed by atoms with Gasteiger partial charge in [-0.05, 0) is 32.8 Å². The molecule has 1 unspecified atom stereocenters. The first-order valence-electron chi connectivity index (χ1n) is 8.43. The Morgan fingerprint density at radius 1 is 1.42 bits per heavy atom. The average Bonchev–Trinajstić information content (AvgIpc) is 3.27. The third-order valence-electron chi connectivity index (χ3n) is 5.29. The predicted octanol–water partition coefficient (Wildman–Crippen LogP) is 3.10. The van der Waals surface area contributed by atoms with Crippen LogP contribution >= 0.6 is 11.6 Å². The second-order valence-corrected chi connectivity index (χ2v) is 7.64. The van der Waals surface area contributed by atoms with Crippen LogP contribution in [0.5, 0.6) is 0 Å². The normalized spacial score (nSPS) is 22.8. The number of pyridine rings is 1. The minimum Gasteiger partial charge on any atom is -0.365 e. The van der Waals surface area contributed by atoms with E-state index in [1.54, 1.807) is 6.20 Å². The van der Waals surface area contributed by atoms with Gasteiger partial charge in [-0.3, -0.25) is 4.79 Å². The van der Waals surface area contributed by atoms with Crippen LogP contribution in [-0.4, -0.2) is 30.2 Å². The van der Waals surface area contributed by atoms with Crippen LogP contribution in [0, 0.1) is 5.82 Å². The number of rotatable bonds is 2. The molecule has 1 aromatic heterocycles. The van der Waals surface area contributed by atoms with Gasteiger partial charge in [0.15, 0.2) is 5.43 Å². The number of fused-ring (bicyclic) bond motifs is 1. The molecule has 1 saturated heterocycles. The number of nitrogens with one attached hydrogen (secondary N) is 1. The van der Waals surface area contributed by atoms with Crippen molar-refractivity contribution in [2.45, 2.75) is 38.3 Å². The van der Waals surface area contributed by atoms with Crippen molar-refractivity contribution >= 4 is 28.2 Å². The SMILES string of the molecule is CC1CN(c2c(F)cc3c(=O)ccn(C4(C)CC4)c3c2Cl)CCN1. The summed E-state index contributed by atoms with van der Waals surface area (Å²) >= 11 is 6.68. The van der Waals surface area contributed by atoms with Crippen LogP contribution in [0.3, 0.4) is 0 Å². The Hall–Kier alpha value is -1.59. The van der Waals surface area contributed by atoms with Crippen molar-refractivity contribution in [3.63, 3.8) is 0 Å². The molecule has 0 spiro atoms. The Morgan fingerprint density at radius 2 is 2.17 bits per heavy atom. The van der Waals surface area contributed by atoms with E-state index < -0.39 is 5.82 Å². The Bertz CT molecular complexity index is 875. The first-order chi connectivity index (χ1) is 11.4. The second-order valence-electron chi connectivity index (χ2n) is 7.27. The molecule has 2 aromatic rings. The summed E-state index contributed by atoms with van der Waals surface area (Å²) in [5, 5.41) is 4.06. The molecule has 4 rings (SSSR count). The van der Waals surface area contributed by atoms with Crippen LogP contribution in [-0.2, 0) is 5.54 Å². The Balaban J connectivity index is 1.97. The summed E-state index contributed by atoms with van der Waals surface area (Å²) in [6.45, 7) is 6.38. The second kappa shape index (κ2) is 5.46. The third-order valence-corrected chi connectivity index (χ3v) is 5.65. The lowest BCUT2D eigenvalue weighted by Crippen LogP contribution is -2.49. The fourth-order valence-corrected chi connectivity index (χ4v) is 4.03. The molecule has 1 aromatic carbocycles. The maximum Gasteiger partial charge on any atom is 0.189 e. The Morgan fingerprint density at radius 3 is 2.83 bits per heavy atom. The van der Waals surface area contributed by atoms with Crippen molar-refractivity contribution in [2.75, 3.05) is 24.5 Å². The van der Waals surface area contributed by atoms with Gasteiger partial charge in [0.1, 0.15) is 5.82 Å². The number of piperazine rings is 1. The van der Waals surface area contributed by atoms with Crippen molar-refractivity contribution < 1.29 is 4.39 Å². The number of benzene rings is 1. The van der Waals surface area contributed by atoms with E-state index in [-0.39, 0.29) is 17.0 Å². The molecule has 24 heavy (non-hydrogen) atoms. The van der Waals surface area contributed by atoms with Crippen LogP contribution < -0.4 is 15.6 Å². The zero-order valence-electron chi connectivity index (χ0n) is 13.9. The smallest absolute Gasteiger partial charge is 0.189 e. The predicted molar refractivity (Wildman–Crippen MR) is 95.7 cm³/mol. The van der Waals surface area contributed by atoms with Crippen molar-refractivity contribution in [1.82, 2.24) is 9.88 Å². The van der Waals surface area contributed by atoms with E-state index in [4.69, 9.17) is 11.6 Å². The average molecular weight is 350 g/mol. The lowest BCUT2D eigenvalue weighted by molar-refractivity contribution is 0.478. The van der Waals surface area contributed by atoms with Crippen LogP contribution in [0.15, 0.2) is 23.1 Å². The van der Waals surface area contributed by atoms with Crippen LogP contribution in [0.2, 0.25) is 5.02 Å². The van der Waals surface area contributed by atoms with Gasteiger partial charge in [0.05, 0.1) is 21.6 Å². The topological polar surface area (TPSA) is 37.3 Å². The van der Waals surface area contributed by atoms with Gasteiger partial charge in [-0.1, -0.05) is 11.6 Å². The van der Waals surface area contributed by atoms with Gasteiger partial charge < -0.3 is 14.8 Å². The summed E-state index contributed by atoms with van der Waals surface area (Å²) < 4.78 is 16.9. The van der Waals surface area contributed by atoms with Crippen LogP contribution in [0.1, 0.15) is 26.7 Å². The fraction of sp³-hybridized carbons (Fsp3) is 0.500. The monoisotopic (exact) mass is 349 g/mol. The van der Waals surface area contributed by atoms with E-state index in [1.165, 1.54) is 12.1 Å². The van der Waals surface area contributed by atoms with Crippen molar-refractivity contribution in [1.29, 1.82) is 0 Å². The molecule has 1 atom stereocenters. The highest BCUT2D eigenvalue weighted by Crippen LogP contribution is 2.46. The largest absolute Gasteiger partial charge is 0.365 e. The summed E-state index contributed by atoms with van der Waals surface area (Å²) in [6.07, 6.45) is 3.88. The van der Waals surface area contributed by atoms with Gasteiger partial charge in [0.2, 0.25) is 0 Å². The summed E-state index contributed by atoms with van der Waals surface area (Å²) in [5.74, 6) is -0.419. The molecule has 1 N–H and O–H groups in total. The lowest BCUT2D eigenvalue weighted by Gasteiger charge is -2.35. The molecule has 2 heterocycles. The van der Waals surface area contributed by atoms with E-state index in [1.807, 2.05) is 4.90 Å². The quantitative estimate of drug-likeness (QED) is 0.905. The number of hydrogen-bond donors (Lipinski definition) is 1. The molecule has 0 bridgehead atoms. The van der Waals surface area contributed by atoms with Crippen molar-refractivity contribution in [2.24, 2.45) is 0 Å². The lowest BCUT2D eigenvalue weighted by atomic mass is 10.1. The summed E-state index contributed by atoms with van der Waals surface area (Å²) in [6, 6.07) is 3.13. The van der Waals surface area contributed by atoms with Gasteiger partial charge in [0, 0.05) is 43.5 Å². The molecular formula is C18H21ClFN3O. The minimum atomic E-state index is -0.419. The Kier molecular flexibility index (Phi) is 3.62. The first-order valence-corrected chi connectivity index (χ1v) is 8.81. The standard InChI is InChI=1S/C18H21ClFN3O/c1-11-10-22(8-6-21-11)17-13(20)9-12-14(24)3-7-23(16(12)15(17)19)18(2)4-5-18/h3,7,9,11,21H,4-6,8,10H2,1-2H3. The maximum absolute atomic E-state index is 14.8. The molecule has 0 amide bonds. The van der Waals surface area contributed by atoms with E-state index in [0.29, 0.717) is 34.7 Å². The van der Waals surface area contributed by atoms with E-state index in [9.17, 15) is 9.18 Å². The van der Waals surface area contributed by atoms with Gasteiger partial charge >= 0.3 is 0 Å². The van der Waals surface area contributed by atoms with E-state index in [0.717, 1.165) is 19.4 Å². The molecule has 128 valence electrons. The molecule has 0 radical (unpaired) electrons. The fourth-order valence-electron chi connectivity index (χ4n) is 3.63. The van der Waals surface area contributed by atoms with E-state index in [2.05, 4.69) is 23.7 Å². The number of hydrogen-bond acceptors (Lipinski definition) is 3. The number of anilines is 1. The highest BCUT2D eigenvalue weighted by molar-refractivity contribution is 6.38. The summed E-state index contributed by atoms with van der Waals surface area (Å²) in [7, 11) is 0. The van der Waals surface area contributed by atoms with Gasteiger partial charge in [-0.15, -0.1) is 0 Å². The minimum absolute atomic E-state index is 0.0264. The Labute approximate surface area is 145 Å². The molecule has 2 fully saturated rings. The highest BCUT2D eigenvalue weighted by Gasteiger charge is 2.40. The molecule has 1 aliphatic heterocycles. The zero-order valence-corrected chi connectivity index (χ0v) is 14.7. The zero-order chi connectivity index (χ0) is 17.1.